The fourth-order valence-electron chi connectivity index (χ4n) is 3.53. The first-order valence-electron chi connectivity index (χ1n) is 8.15. The van der Waals surface area contributed by atoms with Crippen molar-refractivity contribution < 1.29 is 27.9 Å². The Bertz CT molecular complexity index is 670. The molecule has 1 unspecified atom stereocenters. The van der Waals surface area contributed by atoms with E-state index in [4.69, 9.17) is 0 Å². The Hall–Kier alpha value is -2.06. The maximum Gasteiger partial charge on any atom is 0.408 e. The molecule has 1 aromatic rings. The lowest BCUT2D eigenvalue weighted by atomic mass is 9.96. The predicted octanol–water partition coefficient (Wildman–Crippen LogP) is 2.54. The third-order valence-electron chi connectivity index (χ3n) is 4.75. The molecule has 0 spiro atoms. The zero-order chi connectivity index (χ0) is 18.9. The second-order valence-corrected chi connectivity index (χ2v) is 6.57. The Kier molecular flexibility index (Phi) is 5.43. The van der Waals surface area contributed by atoms with Gasteiger partial charge in [-0.1, -0.05) is 6.42 Å². The number of carboxylic acid groups (broad SMARTS) is 1. The lowest BCUT2D eigenvalue weighted by molar-refractivity contribution is -0.143. The molecular weight excluding hydrogens is 339 g/mol. The zero-order valence-electron chi connectivity index (χ0n) is 14.4. The standard InChI is InChI=1S/C16H22F3N3O3/c1-8(14(23)20-12-6-4-5-11(12)15(24)25)13-9(2)21-22(10(13)3)7-16(17,18)19/h8,11-12H,4-7H2,1-3H3,(H,20,23)(H,24,25)/t8?,11-,12+/m0/s1. The molecule has 0 bridgehead atoms. The lowest BCUT2D eigenvalue weighted by Gasteiger charge is -2.21. The molecule has 0 aliphatic heterocycles. The summed E-state index contributed by atoms with van der Waals surface area (Å²) in [6, 6.07) is -0.446. The number of hydrogen-bond acceptors (Lipinski definition) is 3. The normalized spacial score (nSPS) is 22.0. The number of nitrogens with one attached hydrogen (secondary N) is 1. The van der Waals surface area contributed by atoms with Crippen molar-refractivity contribution in [1.29, 1.82) is 0 Å². The number of alkyl halides is 3. The molecule has 1 saturated carbocycles. The number of aromatic nitrogens is 2. The fourth-order valence-corrected chi connectivity index (χ4v) is 3.53. The van der Waals surface area contributed by atoms with Crippen LogP contribution >= 0.6 is 0 Å². The SMILES string of the molecule is Cc1nn(CC(F)(F)F)c(C)c1C(C)C(=O)N[C@@H]1CCC[C@@H]1C(=O)O. The smallest absolute Gasteiger partial charge is 0.408 e. The van der Waals surface area contributed by atoms with Gasteiger partial charge in [0.1, 0.15) is 6.54 Å². The number of carbonyl (C=O) groups excluding carboxylic acids is 1. The highest BCUT2D eigenvalue weighted by molar-refractivity contribution is 5.85. The molecule has 1 aromatic heterocycles. The number of rotatable bonds is 5. The zero-order valence-corrected chi connectivity index (χ0v) is 14.4. The molecule has 1 heterocycles. The highest BCUT2D eigenvalue weighted by Gasteiger charge is 2.36. The van der Waals surface area contributed by atoms with Crippen molar-refractivity contribution in [2.75, 3.05) is 0 Å². The minimum atomic E-state index is -4.40. The van der Waals surface area contributed by atoms with Crippen LogP contribution in [0.2, 0.25) is 0 Å². The number of aliphatic carboxylic acids is 1. The van der Waals surface area contributed by atoms with Crippen molar-refractivity contribution in [3.63, 3.8) is 0 Å². The lowest BCUT2D eigenvalue weighted by Crippen LogP contribution is -2.42. The van der Waals surface area contributed by atoms with E-state index in [1.165, 1.54) is 6.92 Å². The van der Waals surface area contributed by atoms with Crippen LogP contribution in [-0.2, 0) is 16.1 Å². The molecule has 2 rings (SSSR count). The maximum atomic E-state index is 12.6. The molecule has 2 N–H and O–H groups in total. The summed E-state index contributed by atoms with van der Waals surface area (Å²) in [5.74, 6) is -2.67. The van der Waals surface area contributed by atoms with E-state index < -0.39 is 42.5 Å². The van der Waals surface area contributed by atoms with Gasteiger partial charge < -0.3 is 10.4 Å². The maximum absolute atomic E-state index is 12.6. The number of aryl methyl sites for hydroxylation is 1. The van der Waals surface area contributed by atoms with Crippen molar-refractivity contribution in [1.82, 2.24) is 15.1 Å². The van der Waals surface area contributed by atoms with Crippen molar-refractivity contribution in [2.45, 2.75) is 64.7 Å². The third kappa shape index (κ3) is 4.32. The van der Waals surface area contributed by atoms with Crippen LogP contribution in [0.4, 0.5) is 13.2 Å². The average Bonchev–Trinajstić information content (AvgIpc) is 3.02. The number of amides is 1. The van der Waals surface area contributed by atoms with Crippen LogP contribution < -0.4 is 5.32 Å². The highest BCUT2D eigenvalue weighted by atomic mass is 19.4. The van der Waals surface area contributed by atoms with Gasteiger partial charge in [-0.25, -0.2) is 0 Å². The largest absolute Gasteiger partial charge is 0.481 e. The monoisotopic (exact) mass is 361 g/mol. The van der Waals surface area contributed by atoms with Gasteiger partial charge in [-0.15, -0.1) is 0 Å². The first kappa shape index (κ1) is 19.3. The van der Waals surface area contributed by atoms with Gasteiger partial charge in [-0.05, 0) is 33.6 Å². The number of nitrogens with zero attached hydrogens (tertiary/aromatic N) is 2. The van der Waals surface area contributed by atoms with E-state index in [0.717, 1.165) is 11.1 Å². The average molecular weight is 361 g/mol. The molecule has 0 aromatic carbocycles. The van der Waals surface area contributed by atoms with Crippen LogP contribution in [0.3, 0.4) is 0 Å². The number of halogens is 3. The molecule has 3 atom stereocenters. The molecule has 0 saturated heterocycles. The first-order chi connectivity index (χ1) is 11.5. The van der Waals surface area contributed by atoms with Crippen molar-refractivity contribution in [3.8, 4) is 0 Å². The minimum Gasteiger partial charge on any atom is -0.481 e. The number of hydrogen-bond donors (Lipinski definition) is 2. The van der Waals surface area contributed by atoms with Gasteiger partial charge in [-0.2, -0.15) is 18.3 Å². The summed E-state index contributed by atoms with van der Waals surface area (Å²) in [7, 11) is 0. The van der Waals surface area contributed by atoms with Crippen LogP contribution in [0.5, 0.6) is 0 Å². The van der Waals surface area contributed by atoms with Crippen molar-refractivity contribution >= 4 is 11.9 Å². The van der Waals surface area contributed by atoms with Gasteiger partial charge in [0.15, 0.2) is 0 Å². The molecule has 1 aliphatic carbocycles. The first-order valence-corrected chi connectivity index (χ1v) is 8.15. The summed E-state index contributed by atoms with van der Waals surface area (Å²) < 4.78 is 38.7. The quantitative estimate of drug-likeness (QED) is 0.844. The van der Waals surface area contributed by atoms with Crippen LogP contribution in [0.15, 0.2) is 0 Å². The van der Waals surface area contributed by atoms with Crippen LogP contribution in [-0.4, -0.2) is 39.0 Å². The molecule has 1 fully saturated rings. The number of carbonyl (C=O) groups is 2. The van der Waals surface area contributed by atoms with Crippen LogP contribution in [0, 0.1) is 19.8 Å². The molecule has 25 heavy (non-hydrogen) atoms. The molecular formula is C16H22F3N3O3. The third-order valence-corrected chi connectivity index (χ3v) is 4.75. The van der Waals surface area contributed by atoms with E-state index in [2.05, 4.69) is 10.4 Å². The summed E-state index contributed by atoms with van der Waals surface area (Å²) in [5, 5.41) is 15.8. The second kappa shape index (κ2) is 7.05. The predicted molar refractivity (Wildman–Crippen MR) is 83.1 cm³/mol. The van der Waals surface area contributed by atoms with Gasteiger partial charge in [0.05, 0.1) is 17.5 Å². The Labute approximate surface area is 143 Å². The number of carboxylic acids is 1. The molecule has 9 heteroatoms. The van der Waals surface area contributed by atoms with E-state index in [9.17, 15) is 27.9 Å². The highest BCUT2D eigenvalue weighted by Crippen LogP contribution is 2.29. The van der Waals surface area contributed by atoms with E-state index >= 15 is 0 Å². The van der Waals surface area contributed by atoms with Crippen molar-refractivity contribution in [3.05, 3.63) is 17.0 Å². The molecule has 6 nitrogen and oxygen atoms in total. The van der Waals surface area contributed by atoms with E-state index in [1.54, 1.807) is 13.8 Å². The summed E-state index contributed by atoms with van der Waals surface area (Å²) in [6.07, 6.45) is -2.58. The van der Waals surface area contributed by atoms with Gasteiger partial charge >= 0.3 is 12.1 Å². The Morgan fingerprint density at radius 2 is 2.00 bits per heavy atom. The van der Waals surface area contributed by atoms with Gasteiger partial charge in [-0.3, -0.25) is 14.3 Å². The van der Waals surface area contributed by atoms with E-state index in [1.807, 2.05) is 0 Å². The summed E-state index contributed by atoms with van der Waals surface area (Å²) in [6.45, 7) is 3.45. The molecule has 1 aliphatic rings. The van der Waals surface area contributed by atoms with Gasteiger partial charge in [0.25, 0.3) is 0 Å². The summed E-state index contributed by atoms with van der Waals surface area (Å²) in [5.41, 5.74) is 1.11. The van der Waals surface area contributed by atoms with Crippen molar-refractivity contribution in [2.24, 2.45) is 5.92 Å². The fraction of sp³-hybridized carbons (Fsp3) is 0.688. The summed E-state index contributed by atoms with van der Waals surface area (Å²) >= 11 is 0. The van der Waals surface area contributed by atoms with E-state index in [0.29, 0.717) is 29.8 Å². The molecule has 0 radical (unpaired) electrons. The van der Waals surface area contributed by atoms with Crippen LogP contribution in [0.25, 0.3) is 0 Å². The Morgan fingerprint density at radius 1 is 1.36 bits per heavy atom. The topological polar surface area (TPSA) is 84.2 Å². The van der Waals surface area contributed by atoms with Gasteiger partial charge in [0, 0.05) is 17.3 Å². The molecule has 1 amide bonds. The second-order valence-electron chi connectivity index (χ2n) is 6.57. The Morgan fingerprint density at radius 3 is 2.56 bits per heavy atom. The summed E-state index contributed by atoms with van der Waals surface area (Å²) in [4.78, 5) is 23.7. The minimum absolute atomic E-state index is 0.290. The Balaban J connectivity index is 2.16. The molecule has 140 valence electrons. The van der Waals surface area contributed by atoms with Crippen LogP contribution in [0.1, 0.15) is 49.1 Å². The van der Waals surface area contributed by atoms with Gasteiger partial charge in [0.2, 0.25) is 5.91 Å². The van der Waals surface area contributed by atoms with E-state index in [-0.39, 0.29) is 0 Å².